The fourth-order valence-electron chi connectivity index (χ4n) is 3.98. The van der Waals surface area contributed by atoms with Gasteiger partial charge < -0.3 is 10.4 Å². The summed E-state index contributed by atoms with van der Waals surface area (Å²) in [5.74, 6) is 0.399. The number of phenols is 1. The fraction of sp³-hybridized carbons (Fsp3) is 0.240. The molecule has 1 fully saturated rings. The summed E-state index contributed by atoms with van der Waals surface area (Å²) in [5, 5.41) is 13.4. The van der Waals surface area contributed by atoms with Crippen molar-refractivity contribution in [3.05, 3.63) is 101 Å². The zero-order valence-electron chi connectivity index (χ0n) is 16.4. The molecule has 1 unspecified atom stereocenters. The van der Waals surface area contributed by atoms with Crippen LogP contribution >= 0.6 is 0 Å². The molecule has 4 nitrogen and oxygen atoms in total. The van der Waals surface area contributed by atoms with Crippen molar-refractivity contribution in [1.29, 1.82) is 0 Å². The summed E-state index contributed by atoms with van der Waals surface area (Å²) in [7, 11) is 0. The molecular weight excluding hydrogens is 360 g/mol. The maximum atomic E-state index is 12.7. The Bertz CT molecular complexity index is 948. The number of carbonyl (C=O) groups excluding carboxylic acids is 1. The number of piperazine rings is 1. The highest BCUT2D eigenvalue weighted by molar-refractivity contribution is 5.97. The number of hydrogen-bond acceptors (Lipinski definition) is 4. The summed E-state index contributed by atoms with van der Waals surface area (Å²) in [6, 6.07) is 25.3. The van der Waals surface area contributed by atoms with Crippen molar-refractivity contribution in [2.45, 2.75) is 12.5 Å². The van der Waals surface area contributed by atoms with Crippen LogP contribution in [0.3, 0.4) is 0 Å². The largest absolute Gasteiger partial charge is 0.508 e. The van der Waals surface area contributed by atoms with Crippen LogP contribution in [0.5, 0.6) is 5.75 Å². The van der Waals surface area contributed by atoms with Gasteiger partial charge in [0.25, 0.3) is 0 Å². The summed E-state index contributed by atoms with van der Waals surface area (Å²) in [6.45, 7) is 3.77. The molecule has 3 aromatic carbocycles. The Morgan fingerprint density at radius 3 is 2.31 bits per heavy atom. The minimum Gasteiger partial charge on any atom is -0.508 e. The van der Waals surface area contributed by atoms with Crippen molar-refractivity contribution in [3.8, 4) is 5.75 Å². The second-order valence-corrected chi connectivity index (χ2v) is 7.49. The van der Waals surface area contributed by atoms with Crippen molar-refractivity contribution < 1.29 is 9.90 Å². The Morgan fingerprint density at radius 2 is 1.62 bits per heavy atom. The van der Waals surface area contributed by atoms with Crippen molar-refractivity contribution in [2.75, 3.05) is 26.2 Å². The predicted molar refractivity (Wildman–Crippen MR) is 115 cm³/mol. The summed E-state index contributed by atoms with van der Waals surface area (Å²) < 4.78 is 0. The highest BCUT2D eigenvalue weighted by Gasteiger charge is 2.24. The Morgan fingerprint density at radius 1 is 0.897 bits per heavy atom. The smallest absolute Gasteiger partial charge is 0.167 e. The summed E-state index contributed by atoms with van der Waals surface area (Å²) in [4.78, 5) is 15.1. The first kappa shape index (κ1) is 19.4. The summed E-state index contributed by atoms with van der Waals surface area (Å²) >= 11 is 0. The molecule has 1 heterocycles. The molecule has 0 radical (unpaired) electrons. The molecule has 1 atom stereocenters. The molecule has 0 saturated carbocycles. The Kier molecular flexibility index (Phi) is 6.03. The minimum atomic E-state index is 0.0578. The average Bonchev–Trinajstić information content (AvgIpc) is 2.76. The number of benzene rings is 3. The number of Topliss-reactive ketones (excluding diaryl/α,β-unsaturated/α-hetero) is 1. The monoisotopic (exact) mass is 386 g/mol. The zero-order chi connectivity index (χ0) is 20.1. The zero-order valence-corrected chi connectivity index (χ0v) is 16.4. The SMILES string of the molecule is O=C(Cc1ccccc1)c1ccc(C(c2cccc(O)c2)N2CCNCC2)cc1. The quantitative estimate of drug-likeness (QED) is 0.633. The van der Waals surface area contributed by atoms with Crippen LogP contribution in [0.25, 0.3) is 0 Å². The van der Waals surface area contributed by atoms with Crippen LogP contribution in [0.4, 0.5) is 0 Å². The van der Waals surface area contributed by atoms with Gasteiger partial charge in [-0.15, -0.1) is 0 Å². The van der Waals surface area contributed by atoms with Crippen LogP contribution in [-0.4, -0.2) is 42.0 Å². The molecule has 0 aliphatic carbocycles. The first-order valence-electron chi connectivity index (χ1n) is 10.1. The molecule has 0 bridgehead atoms. The third kappa shape index (κ3) is 4.73. The fourth-order valence-corrected chi connectivity index (χ4v) is 3.98. The molecule has 1 aliphatic rings. The molecule has 29 heavy (non-hydrogen) atoms. The maximum absolute atomic E-state index is 12.7. The van der Waals surface area contributed by atoms with Crippen LogP contribution in [-0.2, 0) is 6.42 Å². The predicted octanol–water partition coefficient (Wildman–Crippen LogP) is 3.81. The Hall–Kier alpha value is -2.95. The van der Waals surface area contributed by atoms with E-state index in [9.17, 15) is 9.90 Å². The van der Waals surface area contributed by atoms with Gasteiger partial charge in [0.2, 0.25) is 0 Å². The van der Waals surface area contributed by atoms with E-state index in [-0.39, 0.29) is 17.6 Å². The highest BCUT2D eigenvalue weighted by Crippen LogP contribution is 2.31. The number of nitrogens with one attached hydrogen (secondary N) is 1. The number of phenolic OH excluding ortho intramolecular Hbond substituents is 1. The first-order valence-corrected chi connectivity index (χ1v) is 10.1. The van der Waals surface area contributed by atoms with Gasteiger partial charge in [0, 0.05) is 38.2 Å². The third-order valence-corrected chi connectivity index (χ3v) is 5.46. The molecule has 148 valence electrons. The maximum Gasteiger partial charge on any atom is 0.167 e. The lowest BCUT2D eigenvalue weighted by Crippen LogP contribution is -2.45. The molecule has 1 aliphatic heterocycles. The van der Waals surface area contributed by atoms with Crippen molar-refractivity contribution in [1.82, 2.24) is 10.2 Å². The van der Waals surface area contributed by atoms with E-state index in [1.54, 1.807) is 6.07 Å². The van der Waals surface area contributed by atoms with Crippen molar-refractivity contribution in [3.63, 3.8) is 0 Å². The van der Waals surface area contributed by atoms with Crippen LogP contribution in [0, 0.1) is 0 Å². The number of carbonyl (C=O) groups is 1. The topological polar surface area (TPSA) is 52.6 Å². The van der Waals surface area contributed by atoms with E-state index in [1.807, 2.05) is 54.6 Å². The van der Waals surface area contributed by atoms with Gasteiger partial charge >= 0.3 is 0 Å². The van der Waals surface area contributed by atoms with Gasteiger partial charge in [-0.25, -0.2) is 0 Å². The van der Waals surface area contributed by atoms with Gasteiger partial charge in [-0.2, -0.15) is 0 Å². The first-order chi connectivity index (χ1) is 14.2. The van der Waals surface area contributed by atoms with E-state index < -0.39 is 0 Å². The number of ketones is 1. The van der Waals surface area contributed by atoms with Gasteiger partial charge in [-0.1, -0.05) is 66.7 Å². The van der Waals surface area contributed by atoms with Crippen molar-refractivity contribution >= 4 is 5.78 Å². The van der Waals surface area contributed by atoms with Gasteiger partial charge in [-0.05, 0) is 28.8 Å². The normalized spacial score (nSPS) is 15.7. The summed E-state index contributed by atoms with van der Waals surface area (Å²) in [5.41, 5.74) is 3.96. The van der Waals surface area contributed by atoms with Crippen LogP contribution in [0.15, 0.2) is 78.9 Å². The van der Waals surface area contributed by atoms with Gasteiger partial charge in [-0.3, -0.25) is 9.69 Å². The van der Waals surface area contributed by atoms with E-state index >= 15 is 0 Å². The molecule has 3 aromatic rings. The average molecular weight is 386 g/mol. The number of rotatable bonds is 6. The molecule has 2 N–H and O–H groups in total. The lowest BCUT2D eigenvalue weighted by molar-refractivity contribution is 0.0993. The highest BCUT2D eigenvalue weighted by atomic mass is 16.3. The van der Waals surface area contributed by atoms with E-state index in [2.05, 4.69) is 28.4 Å². The molecule has 1 saturated heterocycles. The molecule has 4 rings (SSSR count). The standard InChI is InChI=1S/C25H26N2O2/c28-23-8-4-7-22(18-23)25(27-15-13-26-14-16-27)21-11-9-20(10-12-21)24(29)17-19-5-2-1-3-6-19/h1-12,18,25-26,28H,13-17H2. The van der Waals surface area contributed by atoms with Gasteiger partial charge in [0.15, 0.2) is 5.78 Å². The van der Waals surface area contributed by atoms with Gasteiger partial charge in [0.05, 0.1) is 6.04 Å². The minimum absolute atomic E-state index is 0.0578. The third-order valence-electron chi connectivity index (χ3n) is 5.46. The van der Waals surface area contributed by atoms with E-state index in [1.165, 1.54) is 0 Å². The van der Waals surface area contributed by atoms with Crippen molar-refractivity contribution in [2.24, 2.45) is 0 Å². The second kappa shape index (κ2) is 9.03. The molecule has 0 amide bonds. The van der Waals surface area contributed by atoms with E-state index in [0.29, 0.717) is 6.42 Å². The number of nitrogens with zero attached hydrogens (tertiary/aromatic N) is 1. The number of aromatic hydroxyl groups is 1. The lowest BCUT2D eigenvalue weighted by Gasteiger charge is -2.35. The Labute approximate surface area is 171 Å². The Balaban J connectivity index is 1.58. The lowest BCUT2D eigenvalue weighted by atomic mass is 9.94. The number of hydrogen-bond donors (Lipinski definition) is 2. The molecule has 0 spiro atoms. The summed E-state index contributed by atoms with van der Waals surface area (Å²) in [6.07, 6.45) is 0.411. The second-order valence-electron chi connectivity index (χ2n) is 7.49. The van der Waals surface area contributed by atoms with Crippen LogP contribution < -0.4 is 5.32 Å². The van der Waals surface area contributed by atoms with E-state index in [4.69, 9.17) is 0 Å². The van der Waals surface area contributed by atoms with Gasteiger partial charge in [0.1, 0.15) is 5.75 Å². The molecule has 0 aromatic heterocycles. The van der Waals surface area contributed by atoms with Crippen LogP contribution in [0.2, 0.25) is 0 Å². The molecule has 4 heteroatoms. The van der Waals surface area contributed by atoms with E-state index in [0.717, 1.165) is 48.4 Å². The molecular formula is C25H26N2O2. The van der Waals surface area contributed by atoms with Crippen LogP contribution in [0.1, 0.15) is 33.1 Å².